The summed E-state index contributed by atoms with van der Waals surface area (Å²) in [5.41, 5.74) is -0.0438. The fourth-order valence-electron chi connectivity index (χ4n) is 2.84. The molecule has 1 heterocycles. The second-order valence-corrected chi connectivity index (χ2v) is 6.85. The predicted molar refractivity (Wildman–Crippen MR) is 96.2 cm³/mol. The molecule has 1 N–H and O–H groups in total. The summed E-state index contributed by atoms with van der Waals surface area (Å²) in [6.45, 7) is 1.31. The molecule has 122 valence electrons. The van der Waals surface area contributed by atoms with Crippen molar-refractivity contribution >= 4 is 40.5 Å². The first-order valence-electron chi connectivity index (χ1n) is 7.22. The normalized spacial score (nSPS) is 22.6. The molecule has 2 aromatic carbocycles. The molecule has 0 aliphatic carbocycles. The second-order valence-electron chi connectivity index (χ2n) is 6.00. The van der Waals surface area contributed by atoms with E-state index in [1.165, 1.54) is 14.0 Å². The van der Waals surface area contributed by atoms with Crippen molar-refractivity contribution < 1.29 is 9.90 Å². The number of quaternary nitrogens is 1. The molecule has 2 aromatic rings. The highest BCUT2D eigenvalue weighted by Crippen LogP contribution is 2.37. The Bertz CT molecular complexity index is 873. The van der Waals surface area contributed by atoms with Crippen molar-refractivity contribution in [3.63, 3.8) is 0 Å². The molecule has 0 saturated heterocycles. The molecule has 0 fully saturated rings. The van der Waals surface area contributed by atoms with Gasteiger partial charge in [0.2, 0.25) is 7.05 Å². The summed E-state index contributed by atoms with van der Waals surface area (Å²) < 4.78 is -0.656. The van der Waals surface area contributed by atoms with Crippen molar-refractivity contribution in [3.05, 3.63) is 70.7 Å². The van der Waals surface area contributed by atoms with E-state index in [1.807, 2.05) is 0 Å². The van der Waals surface area contributed by atoms with Crippen LogP contribution in [-0.4, -0.2) is 29.5 Å². The van der Waals surface area contributed by atoms with E-state index in [0.29, 0.717) is 32.6 Å². The number of fused-ring (bicyclic) bond motifs is 1. The molecule has 0 aromatic heterocycles. The van der Waals surface area contributed by atoms with Gasteiger partial charge in [-0.2, -0.15) is 0 Å². The highest BCUT2D eigenvalue weighted by Gasteiger charge is 2.49. The van der Waals surface area contributed by atoms with Gasteiger partial charge in [-0.3, -0.25) is 0 Å². The number of likely N-dealkylation sites (N-methyl/N-ethyl adjacent to an activating group) is 1. The monoisotopic (exact) mass is 361 g/mol. The number of hydrogen-bond donors (Lipinski definition) is 1. The first-order chi connectivity index (χ1) is 11.1. The second kappa shape index (κ2) is 5.67. The summed E-state index contributed by atoms with van der Waals surface area (Å²) in [5, 5.41) is 11.5. The van der Waals surface area contributed by atoms with Gasteiger partial charge in [0.05, 0.1) is 18.3 Å². The van der Waals surface area contributed by atoms with Gasteiger partial charge >= 0.3 is 5.91 Å². The van der Waals surface area contributed by atoms with Crippen molar-refractivity contribution in [2.45, 2.75) is 12.6 Å². The number of amides is 1. The highest BCUT2D eigenvalue weighted by atomic mass is 35.5. The minimum atomic E-state index is -2.01. The summed E-state index contributed by atoms with van der Waals surface area (Å²) in [6.07, 6.45) is 0. The van der Waals surface area contributed by atoms with Gasteiger partial charge in [-0.15, -0.1) is 0 Å². The van der Waals surface area contributed by atoms with Crippen LogP contribution in [0.1, 0.15) is 18.1 Å². The molecule has 1 amide bonds. The molecule has 24 heavy (non-hydrogen) atoms. The Hall–Kier alpha value is -1.72. The number of halogens is 2. The topological polar surface area (TPSA) is 49.7 Å². The number of hydrogen-bond acceptors (Lipinski definition) is 3. The zero-order valence-corrected chi connectivity index (χ0v) is 14.6. The van der Waals surface area contributed by atoms with Gasteiger partial charge in [-0.1, -0.05) is 41.4 Å². The predicted octanol–water partition coefficient (Wildman–Crippen LogP) is 3.69. The van der Waals surface area contributed by atoms with Gasteiger partial charge in [0, 0.05) is 21.7 Å². The van der Waals surface area contributed by atoms with Crippen LogP contribution in [0.3, 0.4) is 0 Å². The Kier molecular flexibility index (Phi) is 4.04. The largest absolute Gasteiger partial charge is 0.373 e. The lowest BCUT2D eigenvalue weighted by Crippen LogP contribution is -2.54. The van der Waals surface area contributed by atoms with Crippen LogP contribution in [0, 0.1) is 7.05 Å². The Labute approximate surface area is 150 Å². The van der Waals surface area contributed by atoms with E-state index in [1.54, 1.807) is 42.5 Å². The Morgan fingerprint density at radius 3 is 2.50 bits per heavy atom. The molecule has 3 rings (SSSR count). The lowest BCUT2D eigenvalue weighted by Gasteiger charge is -2.28. The van der Waals surface area contributed by atoms with Gasteiger partial charge in [-0.25, -0.2) is 14.3 Å². The Morgan fingerprint density at radius 2 is 1.83 bits per heavy atom. The van der Waals surface area contributed by atoms with Crippen LogP contribution in [0.5, 0.6) is 0 Å². The fraction of sp³-hybridized carbons (Fsp3) is 0.167. The first-order valence-corrected chi connectivity index (χ1v) is 7.98. The number of benzene rings is 2. The maximum Gasteiger partial charge on any atom is 0.373 e. The third-order valence-corrected chi connectivity index (χ3v) is 4.56. The molecular formula is C18H15Cl2N2O2+. The quantitative estimate of drug-likeness (QED) is 0.787. The van der Waals surface area contributed by atoms with E-state index in [0.717, 1.165) is 0 Å². The molecule has 6 heteroatoms. The highest BCUT2D eigenvalue weighted by molar-refractivity contribution is 6.36. The fourth-order valence-corrected chi connectivity index (χ4v) is 3.23. The van der Waals surface area contributed by atoms with Crippen molar-refractivity contribution in [2.75, 3.05) is 7.05 Å². The van der Waals surface area contributed by atoms with E-state index in [9.17, 15) is 9.90 Å². The molecule has 2 radical (unpaired) electrons. The standard InChI is InChI=1S/C18H15Cl2N2O2/c1-18(24)17(23)22(2,3)15-9-8-11(19)10-13(15)16(21-18)12-6-4-5-7-14(12)20/h2,4-10,24H,1,3H3/q+1. The van der Waals surface area contributed by atoms with Crippen molar-refractivity contribution in [2.24, 2.45) is 4.99 Å². The summed E-state index contributed by atoms with van der Waals surface area (Å²) in [6, 6.07) is 12.0. The molecule has 1 aliphatic heterocycles. The van der Waals surface area contributed by atoms with Crippen LogP contribution in [0.25, 0.3) is 0 Å². The zero-order chi connectivity index (χ0) is 17.7. The summed E-state index contributed by atoms with van der Waals surface area (Å²) in [5.74, 6) is -0.659. The lowest BCUT2D eigenvalue weighted by atomic mass is 9.99. The first kappa shape index (κ1) is 17.1. The maximum atomic E-state index is 12.7. The smallest absolute Gasteiger partial charge is 0.359 e. The SMILES string of the molecule is [CH][N+]1(C)C(=O)C(C)(O)N=C(c2ccccc2Cl)c2cc(Cl)ccc21. The molecule has 2 atom stereocenters. The number of carbonyl (C=O) groups is 1. The zero-order valence-electron chi connectivity index (χ0n) is 13.1. The van der Waals surface area contributed by atoms with Crippen LogP contribution in [-0.2, 0) is 4.79 Å². The third-order valence-electron chi connectivity index (χ3n) is 4.00. The van der Waals surface area contributed by atoms with Gasteiger partial charge in [0.1, 0.15) is 5.69 Å². The van der Waals surface area contributed by atoms with E-state index in [-0.39, 0.29) is 0 Å². The van der Waals surface area contributed by atoms with E-state index < -0.39 is 16.1 Å². The van der Waals surface area contributed by atoms with Crippen molar-refractivity contribution in [1.82, 2.24) is 4.48 Å². The number of aliphatic imine (C=N–C) groups is 1. The van der Waals surface area contributed by atoms with Gasteiger partial charge < -0.3 is 5.11 Å². The van der Waals surface area contributed by atoms with Crippen molar-refractivity contribution in [3.8, 4) is 0 Å². The third kappa shape index (κ3) is 2.66. The van der Waals surface area contributed by atoms with Gasteiger partial charge in [0.25, 0.3) is 5.72 Å². The van der Waals surface area contributed by atoms with E-state index in [4.69, 9.17) is 30.2 Å². The van der Waals surface area contributed by atoms with Crippen LogP contribution in [0.4, 0.5) is 5.69 Å². The molecular weight excluding hydrogens is 347 g/mol. The number of carbonyl (C=O) groups excluding carboxylic acids is 1. The van der Waals surface area contributed by atoms with Crippen molar-refractivity contribution in [1.29, 1.82) is 0 Å². The molecule has 1 aliphatic rings. The molecule has 4 nitrogen and oxygen atoms in total. The van der Waals surface area contributed by atoms with Crippen LogP contribution in [0.15, 0.2) is 47.5 Å². The van der Waals surface area contributed by atoms with Crippen LogP contribution >= 0.6 is 23.2 Å². The van der Waals surface area contributed by atoms with Gasteiger partial charge in [0.15, 0.2) is 0 Å². The van der Waals surface area contributed by atoms with Gasteiger partial charge in [-0.05, 0) is 25.1 Å². The summed E-state index contributed by atoms with van der Waals surface area (Å²) in [7, 11) is 7.71. The minimum Gasteiger partial charge on any atom is -0.359 e. The van der Waals surface area contributed by atoms with E-state index >= 15 is 0 Å². The van der Waals surface area contributed by atoms with E-state index in [2.05, 4.69) is 4.99 Å². The summed E-state index contributed by atoms with van der Waals surface area (Å²) >= 11 is 12.4. The number of nitrogens with zero attached hydrogens (tertiary/aromatic N) is 2. The van der Waals surface area contributed by atoms with Crippen LogP contribution in [0.2, 0.25) is 10.0 Å². The maximum absolute atomic E-state index is 12.7. The molecule has 2 unspecified atom stereocenters. The average molecular weight is 362 g/mol. The summed E-state index contributed by atoms with van der Waals surface area (Å²) in [4.78, 5) is 17.0. The van der Waals surface area contributed by atoms with Crippen LogP contribution < -0.4 is 4.48 Å². The molecule has 0 saturated carbocycles. The Morgan fingerprint density at radius 1 is 1.17 bits per heavy atom. The lowest BCUT2D eigenvalue weighted by molar-refractivity contribution is -0.144. The number of rotatable bonds is 1. The number of aliphatic hydroxyl groups is 1. The number of benzodiazepines with no additional fused rings is 1. The average Bonchev–Trinajstić information content (AvgIpc) is 2.56. The molecule has 0 spiro atoms. The Balaban J connectivity index is 2.41. The minimum absolute atomic E-state index is 0.365. The molecule has 0 bridgehead atoms.